The standard InChI is InChI=1S/C15H11NO2S/c1-9-5-2-3-7-11(9)16-14(17)10-6-4-8-12(19)13(10)15(16)18/h2-8,19H,1H3. The molecule has 1 aliphatic rings. The van der Waals surface area contributed by atoms with Crippen molar-refractivity contribution in [2.24, 2.45) is 0 Å². The van der Waals surface area contributed by atoms with E-state index < -0.39 is 0 Å². The highest BCUT2D eigenvalue weighted by molar-refractivity contribution is 7.80. The average molecular weight is 269 g/mol. The van der Waals surface area contributed by atoms with Gasteiger partial charge in [0.05, 0.1) is 16.8 Å². The van der Waals surface area contributed by atoms with E-state index in [2.05, 4.69) is 12.6 Å². The molecule has 19 heavy (non-hydrogen) atoms. The van der Waals surface area contributed by atoms with Gasteiger partial charge in [-0.05, 0) is 30.7 Å². The van der Waals surface area contributed by atoms with Gasteiger partial charge in [0.25, 0.3) is 11.8 Å². The topological polar surface area (TPSA) is 37.4 Å². The van der Waals surface area contributed by atoms with Gasteiger partial charge < -0.3 is 0 Å². The largest absolute Gasteiger partial charge is 0.268 e. The first-order valence-electron chi connectivity index (χ1n) is 5.87. The van der Waals surface area contributed by atoms with Gasteiger partial charge in [-0.25, -0.2) is 4.90 Å². The lowest BCUT2D eigenvalue weighted by Crippen LogP contribution is -2.30. The van der Waals surface area contributed by atoms with Crippen LogP contribution in [0.15, 0.2) is 47.4 Å². The molecule has 3 rings (SSSR count). The van der Waals surface area contributed by atoms with E-state index in [0.717, 1.165) is 5.56 Å². The van der Waals surface area contributed by atoms with E-state index in [1.165, 1.54) is 4.90 Å². The number of fused-ring (bicyclic) bond motifs is 1. The van der Waals surface area contributed by atoms with Crippen LogP contribution in [0.25, 0.3) is 0 Å². The fourth-order valence-corrected chi connectivity index (χ4v) is 2.60. The molecule has 0 aliphatic carbocycles. The Morgan fingerprint density at radius 2 is 1.68 bits per heavy atom. The minimum absolute atomic E-state index is 0.287. The summed E-state index contributed by atoms with van der Waals surface area (Å²) in [4.78, 5) is 26.6. The Kier molecular flexibility index (Phi) is 2.68. The van der Waals surface area contributed by atoms with E-state index in [9.17, 15) is 9.59 Å². The predicted octanol–water partition coefficient (Wildman–Crippen LogP) is 3.08. The second kappa shape index (κ2) is 4.24. The zero-order valence-corrected chi connectivity index (χ0v) is 11.1. The number of hydrogen-bond acceptors (Lipinski definition) is 3. The fraction of sp³-hybridized carbons (Fsp3) is 0.0667. The lowest BCUT2D eigenvalue weighted by atomic mass is 10.1. The van der Waals surface area contributed by atoms with Crippen LogP contribution in [-0.2, 0) is 0 Å². The summed E-state index contributed by atoms with van der Waals surface area (Å²) in [7, 11) is 0. The summed E-state index contributed by atoms with van der Waals surface area (Å²) in [6.07, 6.45) is 0. The number of thiol groups is 1. The Labute approximate surface area is 116 Å². The molecule has 0 saturated carbocycles. The van der Waals surface area contributed by atoms with Crippen LogP contribution in [0, 0.1) is 6.92 Å². The van der Waals surface area contributed by atoms with Gasteiger partial charge in [-0.2, -0.15) is 0 Å². The smallest absolute Gasteiger partial charge is 0.267 e. The van der Waals surface area contributed by atoms with E-state index in [0.29, 0.717) is 21.7 Å². The third-order valence-electron chi connectivity index (χ3n) is 3.25. The van der Waals surface area contributed by atoms with Gasteiger partial charge in [-0.3, -0.25) is 9.59 Å². The summed E-state index contributed by atoms with van der Waals surface area (Å²) in [6, 6.07) is 12.4. The van der Waals surface area contributed by atoms with Crippen molar-refractivity contribution >= 4 is 30.1 Å². The molecule has 2 amide bonds. The first-order valence-corrected chi connectivity index (χ1v) is 6.32. The molecule has 94 valence electrons. The van der Waals surface area contributed by atoms with E-state index in [1.54, 1.807) is 24.3 Å². The lowest BCUT2D eigenvalue weighted by molar-refractivity contribution is 0.0925. The van der Waals surface area contributed by atoms with Crippen molar-refractivity contribution in [1.82, 2.24) is 0 Å². The number of para-hydroxylation sites is 1. The number of benzene rings is 2. The van der Waals surface area contributed by atoms with E-state index in [1.807, 2.05) is 25.1 Å². The molecule has 1 heterocycles. The van der Waals surface area contributed by atoms with Crippen LogP contribution in [0.1, 0.15) is 26.3 Å². The Bertz CT molecular complexity index is 709. The van der Waals surface area contributed by atoms with Crippen LogP contribution in [-0.4, -0.2) is 11.8 Å². The first kappa shape index (κ1) is 12.0. The van der Waals surface area contributed by atoms with Gasteiger partial charge in [0.2, 0.25) is 0 Å². The summed E-state index contributed by atoms with van der Waals surface area (Å²) in [5.74, 6) is -0.592. The third-order valence-corrected chi connectivity index (χ3v) is 3.62. The molecular weight excluding hydrogens is 258 g/mol. The zero-order valence-electron chi connectivity index (χ0n) is 10.3. The Morgan fingerprint density at radius 3 is 2.37 bits per heavy atom. The summed E-state index contributed by atoms with van der Waals surface area (Å²) in [5.41, 5.74) is 2.32. The van der Waals surface area contributed by atoms with Crippen LogP contribution < -0.4 is 4.90 Å². The quantitative estimate of drug-likeness (QED) is 0.638. The lowest BCUT2D eigenvalue weighted by Gasteiger charge is -2.16. The van der Waals surface area contributed by atoms with Crippen molar-refractivity contribution < 1.29 is 9.59 Å². The number of amides is 2. The van der Waals surface area contributed by atoms with Gasteiger partial charge in [0, 0.05) is 4.90 Å². The molecule has 0 atom stereocenters. The molecule has 0 N–H and O–H groups in total. The monoisotopic (exact) mass is 269 g/mol. The van der Waals surface area contributed by atoms with E-state index in [4.69, 9.17) is 0 Å². The van der Waals surface area contributed by atoms with Crippen LogP contribution >= 0.6 is 12.6 Å². The van der Waals surface area contributed by atoms with Crippen LogP contribution in [0.2, 0.25) is 0 Å². The fourth-order valence-electron chi connectivity index (χ4n) is 2.30. The maximum Gasteiger partial charge on any atom is 0.267 e. The second-order valence-electron chi connectivity index (χ2n) is 4.43. The molecule has 0 saturated heterocycles. The molecule has 0 bridgehead atoms. The van der Waals surface area contributed by atoms with Gasteiger partial charge in [0.1, 0.15) is 0 Å². The van der Waals surface area contributed by atoms with Gasteiger partial charge in [-0.15, -0.1) is 12.6 Å². The number of imide groups is 1. The molecule has 0 fully saturated rings. The van der Waals surface area contributed by atoms with Gasteiger partial charge >= 0.3 is 0 Å². The Hall–Kier alpha value is -2.07. The number of aryl methyl sites for hydroxylation is 1. The molecule has 3 nitrogen and oxygen atoms in total. The van der Waals surface area contributed by atoms with Crippen LogP contribution in [0.3, 0.4) is 0 Å². The maximum absolute atomic E-state index is 12.4. The van der Waals surface area contributed by atoms with Crippen molar-refractivity contribution in [2.75, 3.05) is 4.90 Å². The SMILES string of the molecule is Cc1ccccc1N1C(=O)c2cccc(S)c2C1=O. The zero-order chi connectivity index (χ0) is 13.6. The first-order chi connectivity index (χ1) is 9.11. The Morgan fingerprint density at radius 1 is 0.947 bits per heavy atom. The van der Waals surface area contributed by atoms with Crippen molar-refractivity contribution in [3.63, 3.8) is 0 Å². The van der Waals surface area contributed by atoms with E-state index >= 15 is 0 Å². The molecule has 1 aliphatic heterocycles. The Balaban J connectivity index is 2.19. The van der Waals surface area contributed by atoms with Gasteiger partial charge in [-0.1, -0.05) is 24.3 Å². The molecule has 0 spiro atoms. The highest BCUT2D eigenvalue weighted by Crippen LogP contribution is 2.33. The second-order valence-corrected chi connectivity index (χ2v) is 4.91. The highest BCUT2D eigenvalue weighted by atomic mass is 32.1. The summed E-state index contributed by atoms with van der Waals surface area (Å²) in [5, 5.41) is 0. The average Bonchev–Trinajstić information content (AvgIpc) is 2.64. The maximum atomic E-state index is 12.4. The van der Waals surface area contributed by atoms with Crippen molar-refractivity contribution in [2.45, 2.75) is 11.8 Å². The van der Waals surface area contributed by atoms with Crippen LogP contribution in [0.5, 0.6) is 0 Å². The summed E-state index contributed by atoms with van der Waals surface area (Å²) >= 11 is 4.27. The van der Waals surface area contributed by atoms with Crippen molar-refractivity contribution in [3.05, 3.63) is 59.2 Å². The van der Waals surface area contributed by atoms with Crippen molar-refractivity contribution in [1.29, 1.82) is 0 Å². The minimum Gasteiger partial charge on any atom is -0.268 e. The van der Waals surface area contributed by atoms with Crippen molar-refractivity contribution in [3.8, 4) is 0 Å². The van der Waals surface area contributed by atoms with E-state index in [-0.39, 0.29) is 11.8 Å². The number of anilines is 1. The molecule has 0 unspecified atom stereocenters. The third kappa shape index (κ3) is 1.68. The summed E-state index contributed by atoms with van der Waals surface area (Å²) < 4.78 is 0. The molecule has 2 aromatic rings. The highest BCUT2D eigenvalue weighted by Gasteiger charge is 2.38. The summed E-state index contributed by atoms with van der Waals surface area (Å²) in [6.45, 7) is 1.88. The predicted molar refractivity (Wildman–Crippen MR) is 76.0 cm³/mol. The normalized spacial score (nSPS) is 13.9. The number of rotatable bonds is 1. The van der Waals surface area contributed by atoms with Gasteiger partial charge in [0.15, 0.2) is 0 Å². The molecule has 2 aromatic carbocycles. The molecule has 0 radical (unpaired) electrons. The molecular formula is C15H11NO2S. The molecule has 0 aromatic heterocycles. The molecule has 4 heteroatoms. The van der Waals surface area contributed by atoms with Crippen LogP contribution in [0.4, 0.5) is 5.69 Å². The number of carbonyl (C=O) groups is 2. The number of nitrogens with zero attached hydrogens (tertiary/aromatic N) is 1. The minimum atomic E-state index is -0.306. The number of carbonyl (C=O) groups excluding carboxylic acids is 2. The number of hydrogen-bond donors (Lipinski definition) is 1.